The molecule has 1 saturated heterocycles. The van der Waals surface area contributed by atoms with Crippen LogP contribution in [0.15, 0.2) is 42.5 Å². The zero-order valence-electron chi connectivity index (χ0n) is 14.7. The van der Waals surface area contributed by atoms with E-state index >= 15 is 0 Å². The lowest BCUT2D eigenvalue weighted by Gasteiger charge is -2.17. The molecule has 0 radical (unpaired) electrons. The van der Waals surface area contributed by atoms with Crippen LogP contribution in [0.25, 0.3) is 0 Å². The van der Waals surface area contributed by atoms with Gasteiger partial charge in [0.2, 0.25) is 5.91 Å². The molecule has 0 spiro atoms. The molecular formula is C21H21NO4. The van der Waals surface area contributed by atoms with Gasteiger partial charge in [0.05, 0.1) is 13.0 Å². The number of benzene rings is 2. The van der Waals surface area contributed by atoms with Crippen molar-refractivity contribution in [1.82, 2.24) is 0 Å². The number of esters is 1. The second-order valence-electron chi connectivity index (χ2n) is 6.81. The number of fused-ring (bicyclic) bond motifs is 1. The third kappa shape index (κ3) is 3.17. The highest BCUT2D eigenvalue weighted by Crippen LogP contribution is 2.31. The van der Waals surface area contributed by atoms with E-state index in [0.29, 0.717) is 18.0 Å². The number of rotatable bonds is 4. The fourth-order valence-corrected chi connectivity index (χ4v) is 3.68. The zero-order valence-corrected chi connectivity index (χ0v) is 14.7. The molecule has 2 aromatic carbocycles. The summed E-state index contributed by atoms with van der Waals surface area (Å²) >= 11 is 0. The van der Waals surface area contributed by atoms with Crippen molar-refractivity contribution < 1.29 is 19.1 Å². The van der Waals surface area contributed by atoms with E-state index in [2.05, 4.69) is 12.1 Å². The maximum absolute atomic E-state index is 12.4. The molecule has 26 heavy (non-hydrogen) atoms. The third-order valence-electron chi connectivity index (χ3n) is 5.13. The molecule has 1 fully saturated rings. The molecule has 2 aromatic rings. The highest BCUT2D eigenvalue weighted by Gasteiger charge is 2.36. The molecule has 5 nitrogen and oxygen atoms in total. The molecule has 1 unspecified atom stereocenters. The number of carbonyl (C=O) groups excluding carboxylic acids is 2. The maximum atomic E-state index is 12.4. The van der Waals surface area contributed by atoms with Crippen molar-refractivity contribution in [1.29, 1.82) is 0 Å². The van der Waals surface area contributed by atoms with Gasteiger partial charge in [-0.15, -0.1) is 0 Å². The Morgan fingerprint density at radius 3 is 2.54 bits per heavy atom. The molecule has 0 bridgehead atoms. The quantitative estimate of drug-likeness (QED) is 0.627. The Kier molecular flexibility index (Phi) is 4.37. The molecule has 4 rings (SSSR count). The highest BCUT2D eigenvalue weighted by atomic mass is 16.5. The van der Waals surface area contributed by atoms with Crippen LogP contribution in [0.3, 0.4) is 0 Å². The largest absolute Gasteiger partial charge is 0.497 e. The van der Waals surface area contributed by atoms with Crippen LogP contribution in [-0.2, 0) is 22.4 Å². The first-order chi connectivity index (χ1) is 12.6. The lowest BCUT2D eigenvalue weighted by Crippen LogP contribution is -2.27. The topological polar surface area (TPSA) is 55.8 Å². The summed E-state index contributed by atoms with van der Waals surface area (Å²) in [7, 11) is 1.58. The molecule has 2 aliphatic rings. The van der Waals surface area contributed by atoms with E-state index in [4.69, 9.17) is 9.47 Å². The predicted octanol–water partition coefficient (Wildman–Crippen LogP) is 3.14. The normalized spacial score (nSPS) is 18.7. The molecule has 0 saturated carbocycles. The number of ether oxygens (including phenoxy) is 2. The van der Waals surface area contributed by atoms with Gasteiger partial charge in [0.25, 0.3) is 0 Å². The molecule has 0 N–H and O–H groups in total. The highest BCUT2D eigenvalue weighted by molar-refractivity contribution is 5.99. The standard InChI is InChI=1S/C21H21NO4/c1-25-18-7-9-19(10-8-18)26-21(24)16-12-20(23)22(13-16)17-6-5-14-3-2-4-15(14)11-17/h5-11,16H,2-4,12-13H2,1H3. The Bertz CT molecular complexity index is 844. The zero-order chi connectivity index (χ0) is 18.1. The van der Waals surface area contributed by atoms with E-state index in [1.165, 1.54) is 17.5 Å². The van der Waals surface area contributed by atoms with Crippen molar-refractivity contribution in [3.63, 3.8) is 0 Å². The summed E-state index contributed by atoms with van der Waals surface area (Å²) in [4.78, 5) is 26.6. The van der Waals surface area contributed by atoms with E-state index in [1.54, 1.807) is 36.3 Å². The van der Waals surface area contributed by atoms with Gasteiger partial charge in [0, 0.05) is 18.7 Å². The minimum Gasteiger partial charge on any atom is -0.497 e. The van der Waals surface area contributed by atoms with E-state index in [9.17, 15) is 9.59 Å². The van der Waals surface area contributed by atoms with E-state index in [0.717, 1.165) is 18.5 Å². The second kappa shape index (κ2) is 6.83. The smallest absolute Gasteiger partial charge is 0.316 e. The number of aryl methyl sites for hydroxylation is 2. The Morgan fingerprint density at radius 1 is 1.04 bits per heavy atom. The van der Waals surface area contributed by atoms with Crippen molar-refractivity contribution in [3.8, 4) is 11.5 Å². The first-order valence-electron chi connectivity index (χ1n) is 8.92. The lowest BCUT2D eigenvalue weighted by molar-refractivity contribution is -0.139. The molecular weight excluding hydrogens is 330 g/mol. The summed E-state index contributed by atoms with van der Waals surface area (Å²) in [6.45, 7) is 0.368. The van der Waals surface area contributed by atoms with Crippen molar-refractivity contribution in [2.45, 2.75) is 25.7 Å². The minimum atomic E-state index is -0.446. The number of hydrogen-bond donors (Lipinski definition) is 0. The molecule has 1 atom stereocenters. The monoisotopic (exact) mass is 351 g/mol. The Labute approximate surface area is 152 Å². The first kappa shape index (κ1) is 16.6. The average Bonchev–Trinajstić information content (AvgIpc) is 3.28. The summed E-state index contributed by atoms with van der Waals surface area (Å²) in [6.07, 6.45) is 3.53. The molecule has 134 valence electrons. The van der Waals surface area contributed by atoms with Crippen LogP contribution < -0.4 is 14.4 Å². The minimum absolute atomic E-state index is 0.0281. The fourth-order valence-electron chi connectivity index (χ4n) is 3.68. The van der Waals surface area contributed by atoms with Gasteiger partial charge in [-0.25, -0.2) is 0 Å². The summed E-state index contributed by atoms with van der Waals surface area (Å²) in [6, 6.07) is 13.0. The van der Waals surface area contributed by atoms with Crippen molar-refractivity contribution in [3.05, 3.63) is 53.6 Å². The first-order valence-corrected chi connectivity index (χ1v) is 8.92. The Hall–Kier alpha value is -2.82. The van der Waals surface area contributed by atoms with Crippen molar-refractivity contribution >= 4 is 17.6 Å². The van der Waals surface area contributed by atoms with Crippen LogP contribution in [0, 0.1) is 5.92 Å². The van der Waals surface area contributed by atoms with Crippen LogP contribution in [0.2, 0.25) is 0 Å². The maximum Gasteiger partial charge on any atom is 0.316 e. The SMILES string of the molecule is COc1ccc(OC(=O)C2CC(=O)N(c3ccc4c(c3)CCC4)C2)cc1. The average molecular weight is 351 g/mol. The molecule has 0 aromatic heterocycles. The van der Waals surface area contributed by atoms with Crippen LogP contribution in [0.1, 0.15) is 24.0 Å². The number of hydrogen-bond acceptors (Lipinski definition) is 4. The van der Waals surface area contributed by atoms with Gasteiger partial charge < -0.3 is 14.4 Å². The predicted molar refractivity (Wildman–Crippen MR) is 97.6 cm³/mol. The van der Waals surface area contributed by atoms with Gasteiger partial charge >= 0.3 is 5.97 Å². The number of anilines is 1. The van der Waals surface area contributed by atoms with Gasteiger partial charge in [-0.3, -0.25) is 9.59 Å². The van der Waals surface area contributed by atoms with Gasteiger partial charge in [0.15, 0.2) is 0 Å². The van der Waals surface area contributed by atoms with Crippen molar-refractivity contribution in [2.75, 3.05) is 18.6 Å². The van der Waals surface area contributed by atoms with E-state index < -0.39 is 5.92 Å². The summed E-state index contributed by atoms with van der Waals surface area (Å²) in [5, 5.41) is 0. The van der Waals surface area contributed by atoms with Gasteiger partial charge in [-0.1, -0.05) is 6.07 Å². The molecule has 5 heteroatoms. The number of carbonyl (C=O) groups is 2. The van der Waals surface area contributed by atoms with E-state index in [-0.39, 0.29) is 18.3 Å². The van der Waals surface area contributed by atoms with Crippen LogP contribution in [0.5, 0.6) is 11.5 Å². The second-order valence-corrected chi connectivity index (χ2v) is 6.81. The lowest BCUT2D eigenvalue weighted by atomic mass is 10.1. The number of amides is 1. The fraction of sp³-hybridized carbons (Fsp3) is 0.333. The van der Waals surface area contributed by atoms with Crippen LogP contribution in [0.4, 0.5) is 5.69 Å². The third-order valence-corrected chi connectivity index (χ3v) is 5.13. The van der Waals surface area contributed by atoms with Crippen molar-refractivity contribution in [2.24, 2.45) is 5.92 Å². The van der Waals surface area contributed by atoms with Gasteiger partial charge in [-0.05, 0) is 66.8 Å². The summed E-state index contributed by atoms with van der Waals surface area (Å²) in [5.74, 6) is 0.313. The van der Waals surface area contributed by atoms with Crippen LogP contribution >= 0.6 is 0 Å². The summed E-state index contributed by atoms with van der Waals surface area (Å²) in [5.41, 5.74) is 3.57. The Balaban J connectivity index is 1.44. The van der Waals surface area contributed by atoms with E-state index in [1.807, 2.05) is 6.07 Å². The number of methoxy groups -OCH3 is 1. The van der Waals surface area contributed by atoms with Crippen LogP contribution in [-0.4, -0.2) is 25.5 Å². The molecule has 1 aliphatic carbocycles. The molecule has 1 aliphatic heterocycles. The molecule has 1 heterocycles. The summed E-state index contributed by atoms with van der Waals surface area (Å²) < 4.78 is 10.5. The number of nitrogens with zero attached hydrogens (tertiary/aromatic N) is 1. The van der Waals surface area contributed by atoms with Gasteiger partial charge in [-0.2, -0.15) is 0 Å². The van der Waals surface area contributed by atoms with Gasteiger partial charge in [0.1, 0.15) is 11.5 Å². The molecule has 1 amide bonds. The Morgan fingerprint density at radius 2 is 1.77 bits per heavy atom.